The molecule has 1 aliphatic rings. The summed E-state index contributed by atoms with van der Waals surface area (Å²) >= 11 is 0. The minimum Gasteiger partial charge on any atom is -0.494 e. The Hall–Kier alpha value is -1.75. The summed E-state index contributed by atoms with van der Waals surface area (Å²) in [4.78, 5) is 0. The van der Waals surface area contributed by atoms with Crippen LogP contribution >= 0.6 is 0 Å². The molecule has 1 unspecified atom stereocenters. The van der Waals surface area contributed by atoms with Crippen LogP contribution in [0.4, 0.5) is 5.69 Å². The van der Waals surface area contributed by atoms with Crippen molar-refractivity contribution in [2.45, 2.75) is 19.4 Å². The molecule has 3 N–H and O–H groups in total. The number of nitrogen functional groups attached to an aromatic ring is 1. The molecule has 1 aromatic rings. The lowest BCUT2D eigenvalue weighted by atomic mass is 10.2. The Labute approximate surface area is 101 Å². The van der Waals surface area contributed by atoms with Gasteiger partial charge in [-0.3, -0.25) is 0 Å². The lowest BCUT2D eigenvalue weighted by Crippen LogP contribution is -2.38. The average molecular weight is 234 g/mol. The van der Waals surface area contributed by atoms with Crippen LogP contribution in [-0.2, 0) is 0 Å². The van der Waals surface area contributed by atoms with Crippen LogP contribution < -0.4 is 16.0 Å². The van der Waals surface area contributed by atoms with Gasteiger partial charge in [-0.1, -0.05) is 6.92 Å². The Morgan fingerprint density at radius 3 is 2.88 bits per heavy atom. The van der Waals surface area contributed by atoms with E-state index in [2.05, 4.69) is 22.6 Å². The highest BCUT2D eigenvalue weighted by molar-refractivity contribution is 5.65. The monoisotopic (exact) mass is 234 g/mol. The number of nitrogens with one attached hydrogen (secondary N) is 1. The molecule has 2 rings (SSSR count). The zero-order valence-corrected chi connectivity index (χ0v) is 9.97. The summed E-state index contributed by atoms with van der Waals surface area (Å²) in [6.07, 6.45) is 2.82. The number of ether oxygens (including phenoxy) is 1. The van der Waals surface area contributed by atoms with Gasteiger partial charge in [-0.2, -0.15) is 10.1 Å². The van der Waals surface area contributed by atoms with E-state index in [1.807, 2.05) is 30.5 Å². The van der Waals surface area contributed by atoms with Crippen molar-refractivity contribution in [3.05, 3.63) is 24.3 Å². The minimum atomic E-state index is 0.314. The number of nitrogens with zero attached hydrogens (tertiary/aromatic N) is 2. The van der Waals surface area contributed by atoms with E-state index in [0.717, 1.165) is 24.4 Å². The van der Waals surface area contributed by atoms with Crippen LogP contribution in [0.5, 0.6) is 5.75 Å². The predicted molar refractivity (Wildman–Crippen MR) is 68.8 cm³/mol. The first-order valence-corrected chi connectivity index (χ1v) is 5.83. The number of hydrazine groups is 1. The van der Waals surface area contributed by atoms with Gasteiger partial charge >= 0.3 is 0 Å². The number of benzene rings is 1. The topological polar surface area (TPSA) is 62.9 Å². The van der Waals surface area contributed by atoms with Crippen LogP contribution in [0.2, 0.25) is 0 Å². The third kappa shape index (κ3) is 3.10. The third-order valence-electron chi connectivity index (χ3n) is 2.74. The molecule has 0 amide bonds. The molecule has 0 saturated heterocycles. The van der Waals surface area contributed by atoms with Gasteiger partial charge < -0.3 is 10.5 Å². The molecule has 0 saturated carbocycles. The SMILES string of the molecule is CCN1NN=CC1CCOc1ccc(N)cc1. The van der Waals surface area contributed by atoms with E-state index >= 15 is 0 Å². The van der Waals surface area contributed by atoms with Crippen LogP contribution in [0.25, 0.3) is 0 Å². The van der Waals surface area contributed by atoms with Gasteiger partial charge in [-0.25, -0.2) is 5.53 Å². The zero-order valence-electron chi connectivity index (χ0n) is 9.97. The quantitative estimate of drug-likeness (QED) is 0.752. The van der Waals surface area contributed by atoms with E-state index < -0.39 is 0 Å². The summed E-state index contributed by atoms with van der Waals surface area (Å²) in [6.45, 7) is 3.68. The minimum absolute atomic E-state index is 0.314. The zero-order chi connectivity index (χ0) is 12.1. The fraction of sp³-hybridized carbons (Fsp3) is 0.417. The van der Waals surface area contributed by atoms with Crippen LogP contribution in [0.15, 0.2) is 29.4 Å². The highest BCUT2D eigenvalue weighted by atomic mass is 16.5. The Balaban J connectivity index is 1.76. The van der Waals surface area contributed by atoms with Crippen molar-refractivity contribution in [1.29, 1.82) is 0 Å². The van der Waals surface area contributed by atoms with Crippen molar-refractivity contribution in [2.24, 2.45) is 5.10 Å². The summed E-state index contributed by atoms with van der Waals surface area (Å²) in [5.41, 5.74) is 9.30. The second-order valence-corrected chi connectivity index (χ2v) is 3.94. The van der Waals surface area contributed by atoms with Crippen molar-refractivity contribution in [3.8, 4) is 5.75 Å². The van der Waals surface area contributed by atoms with Gasteiger partial charge in [-0.05, 0) is 24.3 Å². The number of anilines is 1. The molecule has 1 heterocycles. The smallest absolute Gasteiger partial charge is 0.119 e. The standard InChI is InChI=1S/C12H18N4O/c1-2-16-11(9-14-15-16)7-8-17-12-5-3-10(13)4-6-12/h3-6,9,11,15H,2,7-8,13H2,1H3. The normalized spacial score (nSPS) is 19.2. The average Bonchev–Trinajstić information content (AvgIpc) is 2.79. The fourth-order valence-corrected chi connectivity index (χ4v) is 1.75. The Morgan fingerprint density at radius 2 is 2.18 bits per heavy atom. The first-order chi connectivity index (χ1) is 8.29. The maximum absolute atomic E-state index is 5.64. The fourth-order valence-electron chi connectivity index (χ4n) is 1.75. The van der Waals surface area contributed by atoms with E-state index in [1.165, 1.54) is 0 Å². The Bertz CT molecular complexity index is 377. The predicted octanol–water partition coefficient (Wildman–Crippen LogP) is 1.23. The van der Waals surface area contributed by atoms with Gasteiger partial charge in [0.25, 0.3) is 0 Å². The summed E-state index contributed by atoms with van der Waals surface area (Å²) in [7, 11) is 0. The third-order valence-corrected chi connectivity index (χ3v) is 2.74. The van der Waals surface area contributed by atoms with Crippen LogP contribution in [0.1, 0.15) is 13.3 Å². The summed E-state index contributed by atoms with van der Waals surface area (Å²) < 4.78 is 5.64. The summed E-state index contributed by atoms with van der Waals surface area (Å²) in [5, 5.41) is 6.11. The molecule has 17 heavy (non-hydrogen) atoms. The van der Waals surface area contributed by atoms with E-state index in [1.54, 1.807) is 0 Å². The number of hydrogen-bond donors (Lipinski definition) is 2. The van der Waals surface area contributed by atoms with E-state index in [0.29, 0.717) is 12.6 Å². The lowest BCUT2D eigenvalue weighted by molar-refractivity contribution is 0.173. The molecule has 92 valence electrons. The van der Waals surface area contributed by atoms with Crippen molar-refractivity contribution >= 4 is 11.9 Å². The molecular weight excluding hydrogens is 216 g/mol. The molecule has 0 aliphatic carbocycles. The largest absolute Gasteiger partial charge is 0.494 e. The second-order valence-electron chi connectivity index (χ2n) is 3.94. The molecule has 0 fully saturated rings. The molecular formula is C12H18N4O. The highest BCUT2D eigenvalue weighted by Crippen LogP contribution is 2.14. The maximum atomic E-state index is 5.64. The number of hydrogen-bond acceptors (Lipinski definition) is 5. The van der Waals surface area contributed by atoms with Crippen molar-refractivity contribution in [1.82, 2.24) is 10.5 Å². The lowest BCUT2D eigenvalue weighted by Gasteiger charge is -2.20. The molecule has 5 nitrogen and oxygen atoms in total. The van der Waals surface area contributed by atoms with Crippen molar-refractivity contribution in [2.75, 3.05) is 18.9 Å². The van der Waals surface area contributed by atoms with Gasteiger partial charge in [0.05, 0.1) is 12.6 Å². The van der Waals surface area contributed by atoms with Gasteiger partial charge in [0.15, 0.2) is 0 Å². The Kier molecular flexibility index (Phi) is 3.82. The van der Waals surface area contributed by atoms with Gasteiger partial charge in [-0.15, -0.1) is 0 Å². The van der Waals surface area contributed by atoms with Gasteiger partial charge in [0.1, 0.15) is 5.75 Å². The van der Waals surface area contributed by atoms with E-state index in [9.17, 15) is 0 Å². The van der Waals surface area contributed by atoms with Gasteiger partial charge in [0.2, 0.25) is 0 Å². The molecule has 1 aliphatic heterocycles. The van der Waals surface area contributed by atoms with Crippen LogP contribution in [0.3, 0.4) is 0 Å². The second kappa shape index (κ2) is 5.54. The first-order valence-electron chi connectivity index (χ1n) is 5.83. The number of nitrogens with two attached hydrogens (primary N) is 1. The molecule has 1 atom stereocenters. The van der Waals surface area contributed by atoms with E-state index in [4.69, 9.17) is 10.5 Å². The maximum Gasteiger partial charge on any atom is 0.119 e. The van der Waals surface area contributed by atoms with Crippen LogP contribution in [-0.4, -0.2) is 30.4 Å². The van der Waals surface area contributed by atoms with Crippen molar-refractivity contribution in [3.63, 3.8) is 0 Å². The molecule has 0 aromatic heterocycles. The number of rotatable bonds is 5. The summed E-state index contributed by atoms with van der Waals surface area (Å²) in [6, 6.07) is 7.76. The Morgan fingerprint density at radius 1 is 1.41 bits per heavy atom. The van der Waals surface area contributed by atoms with Crippen LogP contribution in [0, 0.1) is 0 Å². The highest BCUT2D eigenvalue weighted by Gasteiger charge is 2.18. The summed E-state index contributed by atoms with van der Waals surface area (Å²) in [5.74, 6) is 0.852. The first kappa shape index (κ1) is 11.7. The van der Waals surface area contributed by atoms with Gasteiger partial charge in [0, 0.05) is 24.9 Å². The molecule has 0 radical (unpaired) electrons. The van der Waals surface area contributed by atoms with E-state index in [-0.39, 0.29) is 0 Å². The molecule has 1 aromatic carbocycles. The van der Waals surface area contributed by atoms with Crippen molar-refractivity contribution < 1.29 is 4.74 Å². The molecule has 0 bridgehead atoms. The molecule has 5 heteroatoms. The molecule has 0 spiro atoms. The number of hydrazone groups is 1.